The zero-order chi connectivity index (χ0) is 33.7. The van der Waals surface area contributed by atoms with Gasteiger partial charge in [0.05, 0.1) is 10.4 Å². The summed E-state index contributed by atoms with van der Waals surface area (Å²) in [6, 6.07) is 68.5. The Morgan fingerprint density at radius 3 is 1.67 bits per heavy atom. The van der Waals surface area contributed by atoms with Gasteiger partial charge in [-0.05, 0) is 81.9 Å². The van der Waals surface area contributed by atoms with Crippen molar-refractivity contribution in [1.29, 1.82) is 0 Å². The molecule has 0 aliphatic carbocycles. The number of benzene rings is 8. The Bertz CT molecular complexity index is 2850. The number of fused-ring (bicyclic) bond motifs is 6. The van der Waals surface area contributed by atoms with Crippen molar-refractivity contribution in [2.75, 3.05) is 4.90 Å². The van der Waals surface area contributed by atoms with E-state index < -0.39 is 0 Å². The average molecular weight is 686 g/mol. The van der Waals surface area contributed by atoms with Gasteiger partial charge >= 0.3 is 0 Å². The van der Waals surface area contributed by atoms with E-state index in [0.717, 1.165) is 11.4 Å². The van der Waals surface area contributed by atoms with Crippen LogP contribution in [0.25, 0.3) is 73.7 Å². The van der Waals surface area contributed by atoms with Crippen LogP contribution in [-0.2, 0) is 0 Å². The van der Waals surface area contributed by atoms with Crippen LogP contribution in [0.2, 0.25) is 0 Å². The van der Waals surface area contributed by atoms with E-state index in [4.69, 9.17) is 0 Å². The highest BCUT2D eigenvalue weighted by Crippen LogP contribution is 2.48. The number of thiophene rings is 2. The minimum Gasteiger partial charge on any atom is -0.309 e. The predicted molar refractivity (Wildman–Crippen MR) is 223 cm³/mol. The van der Waals surface area contributed by atoms with Gasteiger partial charge in [-0.3, -0.25) is 0 Å². The van der Waals surface area contributed by atoms with E-state index in [-0.39, 0.29) is 0 Å². The molecule has 51 heavy (non-hydrogen) atoms. The van der Waals surface area contributed by atoms with Gasteiger partial charge in [0, 0.05) is 47.0 Å². The van der Waals surface area contributed by atoms with E-state index >= 15 is 0 Å². The van der Waals surface area contributed by atoms with Crippen molar-refractivity contribution in [3.8, 4) is 33.4 Å². The first-order chi connectivity index (χ1) is 25.3. The van der Waals surface area contributed by atoms with Gasteiger partial charge < -0.3 is 4.90 Å². The summed E-state index contributed by atoms with van der Waals surface area (Å²) in [7, 11) is 0. The molecule has 1 nitrogen and oxygen atoms in total. The summed E-state index contributed by atoms with van der Waals surface area (Å²) in [4.78, 5) is 2.45. The van der Waals surface area contributed by atoms with E-state index in [1.165, 1.54) is 79.4 Å². The first kappa shape index (κ1) is 29.9. The summed E-state index contributed by atoms with van der Waals surface area (Å²) < 4.78 is 5.23. The third kappa shape index (κ3) is 5.21. The first-order valence-electron chi connectivity index (χ1n) is 17.3. The molecule has 2 aromatic heterocycles. The number of hydrogen-bond acceptors (Lipinski definition) is 3. The smallest absolute Gasteiger partial charge is 0.0640 e. The third-order valence-corrected chi connectivity index (χ3v) is 12.3. The topological polar surface area (TPSA) is 3.24 Å². The molecule has 0 atom stereocenters. The number of nitrogens with zero attached hydrogens (tertiary/aromatic N) is 1. The van der Waals surface area contributed by atoms with Crippen molar-refractivity contribution in [3.63, 3.8) is 0 Å². The molecule has 0 aliphatic heterocycles. The number of hydrogen-bond donors (Lipinski definition) is 0. The molecule has 2 heterocycles. The maximum absolute atomic E-state index is 2.45. The Morgan fingerprint density at radius 1 is 0.314 bits per heavy atom. The van der Waals surface area contributed by atoms with Gasteiger partial charge in [0.2, 0.25) is 0 Å². The van der Waals surface area contributed by atoms with Gasteiger partial charge in [-0.2, -0.15) is 0 Å². The van der Waals surface area contributed by atoms with Crippen LogP contribution in [0.5, 0.6) is 0 Å². The Morgan fingerprint density at radius 2 is 0.882 bits per heavy atom. The monoisotopic (exact) mass is 685 g/mol. The van der Waals surface area contributed by atoms with Crippen LogP contribution in [0, 0.1) is 0 Å². The Balaban J connectivity index is 1.16. The molecule has 0 aliphatic rings. The summed E-state index contributed by atoms with van der Waals surface area (Å²) in [5, 5.41) is 5.18. The minimum atomic E-state index is 1.13. The Hall–Kier alpha value is -6.00. The van der Waals surface area contributed by atoms with E-state index in [0.29, 0.717) is 0 Å². The molecule has 0 amide bonds. The lowest BCUT2D eigenvalue weighted by atomic mass is 9.99. The predicted octanol–water partition coefficient (Wildman–Crippen LogP) is 14.9. The average Bonchev–Trinajstić information content (AvgIpc) is 3.78. The number of anilines is 3. The highest BCUT2D eigenvalue weighted by molar-refractivity contribution is 7.27. The molecule has 0 saturated heterocycles. The standard InChI is InChI=1S/C48H31NS2/c1-3-12-32(13-4-1)35-16-9-17-36(30-35)33-24-26-37(27-25-33)49(38-28-29-46-43(31-38)40-18-7-8-23-45(40)50-46)44-22-11-21-42-41-20-10-19-39(47(41)51-48(42)44)34-14-5-2-6-15-34/h1-31H. The van der Waals surface area contributed by atoms with Crippen LogP contribution in [-0.4, -0.2) is 0 Å². The van der Waals surface area contributed by atoms with E-state index in [1.807, 2.05) is 22.7 Å². The zero-order valence-electron chi connectivity index (χ0n) is 27.7. The maximum atomic E-state index is 2.45. The van der Waals surface area contributed by atoms with Crippen molar-refractivity contribution >= 4 is 80.1 Å². The molecule has 10 rings (SSSR count). The molecule has 3 heteroatoms. The minimum absolute atomic E-state index is 1.13. The third-order valence-electron chi connectivity index (χ3n) is 9.88. The van der Waals surface area contributed by atoms with Crippen LogP contribution in [0.3, 0.4) is 0 Å². The van der Waals surface area contributed by atoms with Crippen molar-refractivity contribution in [1.82, 2.24) is 0 Å². The lowest BCUT2D eigenvalue weighted by molar-refractivity contribution is 1.31. The highest BCUT2D eigenvalue weighted by Gasteiger charge is 2.20. The molecule has 240 valence electrons. The summed E-state index contributed by atoms with van der Waals surface area (Å²) in [6.45, 7) is 0. The highest BCUT2D eigenvalue weighted by atomic mass is 32.1. The van der Waals surface area contributed by atoms with Crippen molar-refractivity contribution in [3.05, 3.63) is 188 Å². The summed E-state index contributed by atoms with van der Waals surface area (Å²) >= 11 is 3.76. The molecule has 8 aromatic carbocycles. The second-order valence-corrected chi connectivity index (χ2v) is 15.0. The van der Waals surface area contributed by atoms with Crippen molar-refractivity contribution < 1.29 is 0 Å². The molecule has 10 aromatic rings. The summed E-state index contributed by atoms with van der Waals surface area (Å²) in [5.41, 5.74) is 10.8. The summed E-state index contributed by atoms with van der Waals surface area (Å²) in [6.07, 6.45) is 0. The van der Waals surface area contributed by atoms with Crippen molar-refractivity contribution in [2.24, 2.45) is 0 Å². The van der Waals surface area contributed by atoms with Gasteiger partial charge in [-0.25, -0.2) is 0 Å². The van der Waals surface area contributed by atoms with Crippen molar-refractivity contribution in [2.45, 2.75) is 0 Å². The van der Waals surface area contributed by atoms with Gasteiger partial charge in [0.1, 0.15) is 0 Å². The molecule has 0 spiro atoms. The van der Waals surface area contributed by atoms with Gasteiger partial charge in [-0.1, -0.05) is 140 Å². The quantitative estimate of drug-likeness (QED) is 0.168. The molecule has 0 bridgehead atoms. The van der Waals surface area contributed by atoms with Gasteiger partial charge in [-0.15, -0.1) is 22.7 Å². The normalized spacial score (nSPS) is 11.5. The van der Waals surface area contributed by atoms with Gasteiger partial charge in [0.25, 0.3) is 0 Å². The van der Waals surface area contributed by atoms with Gasteiger partial charge in [0.15, 0.2) is 0 Å². The maximum Gasteiger partial charge on any atom is 0.0640 e. The van der Waals surface area contributed by atoms with Crippen LogP contribution < -0.4 is 4.90 Å². The first-order valence-corrected chi connectivity index (χ1v) is 18.9. The molecule has 0 radical (unpaired) electrons. The second kappa shape index (κ2) is 12.4. The van der Waals surface area contributed by atoms with Crippen LogP contribution in [0.1, 0.15) is 0 Å². The van der Waals surface area contributed by atoms with E-state index in [1.54, 1.807) is 0 Å². The summed E-state index contributed by atoms with van der Waals surface area (Å²) in [5.74, 6) is 0. The lowest BCUT2D eigenvalue weighted by Crippen LogP contribution is -2.10. The fraction of sp³-hybridized carbons (Fsp3) is 0. The molecular formula is C48H31NS2. The molecular weight excluding hydrogens is 655 g/mol. The lowest BCUT2D eigenvalue weighted by Gasteiger charge is -2.26. The fourth-order valence-corrected chi connectivity index (χ4v) is 9.84. The second-order valence-electron chi connectivity index (χ2n) is 12.9. The molecule has 0 unspecified atom stereocenters. The van der Waals surface area contributed by atoms with Crippen LogP contribution in [0.15, 0.2) is 188 Å². The molecule has 0 fully saturated rings. The fourth-order valence-electron chi connectivity index (χ4n) is 7.42. The zero-order valence-corrected chi connectivity index (χ0v) is 29.3. The molecule has 0 N–H and O–H groups in total. The molecule has 0 saturated carbocycles. The van der Waals surface area contributed by atoms with E-state index in [9.17, 15) is 0 Å². The number of rotatable bonds is 6. The SMILES string of the molecule is c1ccc(-c2cccc(-c3ccc(N(c4ccc5sc6ccccc6c5c4)c4cccc5c4sc4c(-c6ccccc6)cccc45)cc3)c2)cc1. The van der Waals surface area contributed by atoms with Crippen LogP contribution in [0.4, 0.5) is 17.1 Å². The Labute approximate surface area is 304 Å². The Kier molecular flexibility index (Phi) is 7.26. The van der Waals surface area contributed by atoms with Crippen LogP contribution >= 0.6 is 22.7 Å². The largest absolute Gasteiger partial charge is 0.309 e. The van der Waals surface area contributed by atoms with E-state index in [2.05, 4.69) is 193 Å².